The maximum atomic E-state index is 13.0. The maximum absolute atomic E-state index is 13.0. The van der Waals surface area contributed by atoms with E-state index in [-0.39, 0.29) is 24.8 Å². The van der Waals surface area contributed by atoms with Crippen LogP contribution in [0.3, 0.4) is 0 Å². The highest BCUT2D eigenvalue weighted by molar-refractivity contribution is 7.98. The second-order valence-electron chi connectivity index (χ2n) is 7.64. The molecule has 1 aliphatic rings. The van der Waals surface area contributed by atoms with Crippen molar-refractivity contribution in [3.63, 3.8) is 0 Å². The van der Waals surface area contributed by atoms with E-state index in [2.05, 4.69) is 15.7 Å². The van der Waals surface area contributed by atoms with Crippen LogP contribution in [0.5, 0.6) is 0 Å². The highest BCUT2D eigenvalue weighted by atomic mass is 32.2. The Morgan fingerprint density at radius 2 is 1.91 bits per heavy atom. The number of hydrogen-bond acceptors (Lipinski definition) is 5. The van der Waals surface area contributed by atoms with Gasteiger partial charge >= 0.3 is 0 Å². The molecule has 2 N–H and O–H groups in total. The molecule has 5 rings (SSSR count). The number of carbonyl (C=O) groups is 2. The van der Waals surface area contributed by atoms with Crippen LogP contribution in [0.4, 0.5) is 5.82 Å². The van der Waals surface area contributed by atoms with Gasteiger partial charge in [-0.2, -0.15) is 16.9 Å². The summed E-state index contributed by atoms with van der Waals surface area (Å²) < 4.78 is 6.85. The zero-order valence-corrected chi connectivity index (χ0v) is 18.2. The van der Waals surface area contributed by atoms with Gasteiger partial charge in [0.1, 0.15) is 18.1 Å². The highest BCUT2D eigenvalue weighted by Crippen LogP contribution is 2.34. The number of fused-ring (bicyclic) bond motifs is 2. The summed E-state index contributed by atoms with van der Waals surface area (Å²) in [6.07, 6.45) is 1.82. The van der Waals surface area contributed by atoms with Crippen molar-refractivity contribution in [1.29, 1.82) is 0 Å². The van der Waals surface area contributed by atoms with Crippen molar-refractivity contribution in [3.05, 3.63) is 83.4 Å². The molecule has 3 heterocycles. The number of amides is 2. The number of aromatic nitrogens is 2. The normalized spacial score (nSPS) is 12.6. The van der Waals surface area contributed by atoms with E-state index in [1.54, 1.807) is 34.8 Å². The van der Waals surface area contributed by atoms with E-state index in [0.717, 1.165) is 39.1 Å². The van der Waals surface area contributed by atoms with Gasteiger partial charge in [-0.15, -0.1) is 0 Å². The zero-order chi connectivity index (χ0) is 21.9. The Morgan fingerprint density at radius 3 is 2.78 bits per heavy atom. The molecule has 1 aliphatic heterocycles. The predicted octanol–water partition coefficient (Wildman–Crippen LogP) is 3.87. The lowest BCUT2D eigenvalue weighted by Crippen LogP contribution is -2.29. The van der Waals surface area contributed by atoms with Crippen LogP contribution in [0.25, 0.3) is 10.8 Å². The molecule has 2 amide bonds. The molecule has 0 saturated carbocycles. The van der Waals surface area contributed by atoms with Gasteiger partial charge < -0.3 is 15.1 Å². The monoisotopic (exact) mass is 446 g/mol. The van der Waals surface area contributed by atoms with Crippen molar-refractivity contribution in [2.75, 3.05) is 5.32 Å². The minimum Gasteiger partial charge on any atom is -0.467 e. The Labute approximate surface area is 189 Å². The Bertz CT molecular complexity index is 1270. The molecule has 0 fully saturated rings. The van der Waals surface area contributed by atoms with Crippen LogP contribution in [0, 0.1) is 0 Å². The lowest BCUT2D eigenvalue weighted by molar-refractivity contribution is -0.122. The van der Waals surface area contributed by atoms with Crippen molar-refractivity contribution < 1.29 is 14.0 Å². The van der Waals surface area contributed by atoms with E-state index >= 15 is 0 Å². The largest absolute Gasteiger partial charge is 0.467 e. The van der Waals surface area contributed by atoms with E-state index in [0.29, 0.717) is 18.1 Å². The molecule has 0 bridgehead atoms. The molecule has 8 heteroatoms. The first-order chi connectivity index (χ1) is 15.7. The summed E-state index contributed by atoms with van der Waals surface area (Å²) in [6, 6.07) is 17.6. The van der Waals surface area contributed by atoms with Crippen LogP contribution in [0.15, 0.2) is 65.3 Å². The molecule has 32 heavy (non-hydrogen) atoms. The van der Waals surface area contributed by atoms with Gasteiger partial charge in [0.2, 0.25) is 11.8 Å². The van der Waals surface area contributed by atoms with Crippen LogP contribution in [0.2, 0.25) is 0 Å². The summed E-state index contributed by atoms with van der Waals surface area (Å²) in [5.74, 6) is 2.53. The Morgan fingerprint density at radius 1 is 1.03 bits per heavy atom. The number of anilines is 1. The fourth-order valence-electron chi connectivity index (χ4n) is 3.91. The molecule has 0 aliphatic carbocycles. The summed E-state index contributed by atoms with van der Waals surface area (Å²) in [5, 5.41) is 12.6. The quantitative estimate of drug-likeness (QED) is 0.450. The SMILES string of the molecule is O=C(Cn1nc2c(c1NC(=O)Cc1cccc3ccccc13)CSC2)NCc1ccco1. The first kappa shape index (κ1) is 20.4. The number of thioether (sulfide) groups is 1. The number of hydrogen-bond donors (Lipinski definition) is 2. The van der Waals surface area contributed by atoms with Crippen molar-refractivity contribution >= 4 is 40.2 Å². The van der Waals surface area contributed by atoms with E-state index in [4.69, 9.17) is 4.42 Å². The average Bonchev–Trinajstić information content (AvgIpc) is 3.53. The van der Waals surface area contributed by atoms with Crippen molar-refractivity contribution in [2.24, 2.45) is 0 Å². The Hall–Kier alpha value is -3.52. The number of nitrogens with one attached hydrogen (secondary N) is 2. The summed E-state index contributed by atoms with van der Waals surface area (Å²) >= 11 is 1.75. The molecule has 4 aromatic rings. The highest BCUT2D eigenvalue weighted by Gasteiger charge is 2.25. The molecule has 7 nitrogen and oxygen atoms in total. The van der Waals surface area contributed by atoms with Crippen LogP contribution in [-0.4, -0.2) is 21.6 Å². The van der Waals surface area contributed by atoms with E-state index in [1.165, 1.54) is 0 Å². The van der Waals surface area contributed by atoms with Gasteiger partial charge in [0, 0.05) is 17.1 Å². The molecule has 2 aromatic heterocycles. The Kier molecular flexibility index (Phi) is 5.68. The number of rotatable bonds is 7. The van der Waals surface area contributed by atoms with E-state index in [1.807, 2.05) is 42.5 Å². The van der Waals surface area contributed by atoms with Crippen LogP contribution < -0.4 is 10.6 Å². The summed E-state index contributed by atoms with van der Waals surface area (Å²) in [4.78, 5) is 25.4. The molecule has 162 valence electrons. The van der Waals surface area contributed by atoms with Crippen molar-refractivity contribution in [1.82, 2.24) is 15.1 Å². The lowest BCUT2D eigenvalue weighted by atomic mass is 10.0. The van der Waals surface area contributed by atoms with Crippen LogP contribution in [-0.2, 0) is 40.6 Å². The van der Waals surface area contributed by atoms with E-state index < -0.39 is 0 Å². The van der Waals surface area contributed by atoms with E-state index in [9.17, 15) is 9.59 Å². The van der Waals surface area contributed by atoms with Crippen molar-refractivity contribution in [3.8, 4) is 0 Å². The standard InChI is InChI=1S/C24H22N4O3S/c29-22(11-17-7-3-6-16-5-1-2-9-19(16)17)26-24-20-14-32-15-21(20)27-28(24)13-23(30)25-12-18-8-4-10-31-18/h1-10H,11-15H2,(H,25,30)(H,26,29). The summed E-state index contributed by atoms with van der Waals surface area (Å²) in [5.41, 5.74) is 2.89. The predicted molar refractivity (Wildman–Crippen MR) is 124 cm³/mol. The number of carbonyl (C=O) groups excluding carboxylic acids is 2. The number of benzene rings is 2. The smallest absolute Gasteiger partial charge is 0.242 e. The molecule has 0 atom stereocenters. The number of nitrogens with zero attached hydrogens (tertiary/aromatic N) is 2. The van der Waals surface area contributed by atoms with Gasteiger partial charge in [0.15, 0.2) is 0 Å². The first-order valence-electron chi connectivity index (χ1n) is 10.4. The number of furan rings is 1. The summed E-state index contributed by atoms with van der Waals surface area (Å²) in [6.45, 7) is 0.341. The second kappa shape index (κ2) is 8.92. The molecule has 2 aromatic carbocycles. The van der Waals surface area contributed by atoms with Gasteiger partial charge in [-0.05, 0) is 28.5 Å². The molecule has 0 saturated heterocycles. The van der Waals surface area contributed by atoms with Crippen LogP contribution in [0.1, 0.15) is 22.6 Å². The fourth-order valence-corrected chi connectivity index (χ4v) is 4.94. The van der Waals surface area contributed by atoms with Gasteiger partial charge in [-0.1, -0.05) is 42.5 Å². The minimum atomic E-state index is -0.195. The third-order valence-electron chi connectivity index (χ3n) is 5.44. The fraction of sp³-hybridized carbons (Fsp3) is 0.208. The molecular formula is C24H22N4O3S. The molecule has 0 unspecified atom stereocenters. The van der Waals surface area contributed by atoms with Crippen LogP contribution >= 0.6 is 11.8 Å². The maximum Gasteiger partial charge on any atom is 0.242 e. The van der Waals surface area contributed by atoms with Gasteiger partial charge in [-0.3, -0.25) is 9.59 Å². The average molecular weight is 447 g/mol. The van der Waals surface area contributed by atoms with Gasteiger partial charge in [0.05, 0.1) is 24.9 Å². The third kappa shape index (κ3) is 4.27. The first-order valence-corrected chi connectivity index (χ1v) is 11.5. The second-order valence-corrected chi connectivity index (χ2v) is 8.63. The molecular weight excluding hydrogens is 424 g/mol. The zero-order valence-electron chi connectivity index (χ0n) is 17.3. The lowest BCUT2D eigenvalue weighted by Gasteiger charge is -2.12. The third-order valence-corrected chi connectivity index (χ3v) is 6.41. The Balaban J connectivity index is 1.31. The van der Waals surface area contributed by atoms with Crippen molar-refractivity contribution in [2.45, 2.75) is 31.0 Å². The topological polar surface area (TPSA) is 89.2 Å². The summed E-state index contributed by atoms with van der Waals surface area (Å²) in [7, 11) is 0. The minimum absolute atomic E-state index is 0.0300. The van der Waals surface area contributed by atoms with Gasteiger partial charge in [-0.25, -0.2) is 4.68 Å². The van der Waals surface area contributed by atoms with Gasteiger partial charge in [0.25, 0.3) is 0 Å². The molecule has 0 radical (unpaired) electrons. The molecule has 0 spiro atoms.